The number of halogens is 1. The maximum Gasteiger partial charge on any atom is 0.410 e. The van der Waals surface area contributed by atoms with E-state index in [2.05, 4.69) is 15.2 Å². The highest BCUT2D eigenvalue weighted by Gasteiger charge is 2.30. The van der Waals surface area contributed by atoms with Crippen molar-refractivity contribution in [2.45, 2.75) is 45.9 Å². The van der Waals surface area contributed by atoms with Gasteiger partial charge in [-0.2, -0.15) is 0 Å². The van der Waals surface area contributed by atoms with Gasteiger partial charge in [-0.3, -0.25) is 14.7 Å². The van der Waals surface area contributed by atoms with Crippen LogP contribution in [0.2, 0.25) is 0 Å². The molecule has 0 unspecified atom stereocenters. The SMILES string of the molecule is C[C@H]1CN(Cc2ccc(NCC(=O)c3ccc(-c4cccc(F)c4)cn3)cc2)CCN1C(=O)OC(C)(C)C. The number of hydrogen-bond donors (Lipinski definition) is 1. The van der Waals surface area contributed by atoms with E-state index in [1.54, 1.807) is 35.4 Å². The number of aromatic nitrogens is 1. The fourth-order valence-corrected chi connectivity index (χ4v) is 4.43. The molecule has 2 aromatic carbocycles. The molecular weight excluding hydrogens is 483 g/mol. The minimum absolute atomic E-state index is 0.0714. The zero-order valence-corrected chi connectivity index (χ0v) is 22.4. The number of benzene rings is 2. The molecule has 1 aliphatic rings. The summed E-state index contributed by atoms with van der Waals surface area (Å²) in [5.74, 6) is -0.440. The van der Waals surface area contributed by atoms with E-state index in [0.29, 0.717) is 17.8 Å². The number of pyridine rings is 1. The second-order valence-electron chi connectivity index (χ2n) is 10.7. The molecule has 1 aliphatic heterocycles. The third kappa shape index (κ3) is 7.38. The third-order valence-corrected chi connectivity index (χ3v) is 6.36. The van der Waals surface area contributed by atoms with Crippen LogP contribution in [0.1, 0.15) is 43.7 Å². The summed E-state index contributed by atoms with van der Waals surface area (Å²) in [6.07, 6.45) is 1.33. The second kappa shape index (κ2) is 11.7. The van der Waals surface area contributed by atoms with Gasteiger partial charge in [0.25, 0.3) is 0 Å². The lowest BCUT2D eigenvalue weighted by Gasteiger charge is -2.40. The fourth-order valence-electron chi connectivity index (χ4n) is 4.43. The second-order valence-corrected chi connectivity index (χ2v) is 10.7. The quantitative estimate of drug-likeness (QED) is 0.409. The zero-order chi connectivity index (χ0) is 27.3. The predicted octanol–water partition coefficient (Wildman–Crippen LogP) is 5.62. The molecule has 1 amide bonds. The molecule has 1 aromatic heterocycles. The first-order valence-corrected chi connectivity index (χ1v) is 12.9. The number of nitrogens with one attached hydrogen (secondary N) is 1. The van der Waals surface area contributed by atoms with Crippen LogP contribution in [0.4, 0.5) is 14.9 Å². The molecule has 4 rings (SSSR count). The van der Waals surface area contributed by atoms with Crippen molar-refractivity contribution in [2.75, 3.05) is 31.5 Å². The minimum atomic E-state index is -0.500. The topological polar surface area (TPSA) is 74.8 Å². The maximum absolute atomic E-state index is 13.5. The zero-order valence-electron chi connectivity index (χ0n) is 22.4. The molecule has 2 heterocycles. The number of carbonyl (C=O) groups is 2. The van der Waals surface area contributed by atoms with E-state index in [-0.39, 0.29) is 30.3 Å². The van der Waals surface area contributed by atoms with Gasteiger partial charge in [-0.15, -0.1) is 0 Å². The van der Waals surface area contributed by atoms with Gasteiger partial charge in [0, 0.05) is 49.7 Å². The predicted molar refractivity (Wildman–Crippen MR) is 147 cm³/mol. The van der Waals surface area contributed by atoms with Crippen molar-refractivity contribution < 1.29 is 18.7 Å². The summed E-state index contributed by atoms with van der Waals surface area (Å²) in [5.41, 5.74) is 3.34. The van der Waals surface area contributed by atoms with E-state index >= 15 is 0 Å². The molecular formula is C30H35FN4O3. The van der Waals surface area contributed by atoms with E-state index in [1.165, 1.54) is 12.1 Å². The number of piperazine rings is 1. The van der Waals surface area contributed by atoms with Crippen LogP contribution in [0.5, 0.6) is 0 Å². The number of carbonyl (C=O) groups excluding carboxylic acids is 2. The summed E-state index contributed by atoms with van der Waals surface area (Å²) in [7, 11) is 0. The number of anilines is 1. The Morgan fingerprint density at radius 2 is 1.82 bits per heavy atom. The third-order valence-electron chi connectivity index (χ3n) is 6.36. The average molecular weight is 519 g/mol. The Morgan fingerprint density at radius 3 is 2.45 bits per heavy atom. The van der Waals surface area contributed by atoms with Crippen molar-refractivity contribution in [1.29, 1.82) is 0 Å². The van der Waals surface area contributed by atoms with Crippen LogP contribution in [0.25, 0.3) is 11.1 Å². The lowest BCUT2D eigenvalue weighted by molar-refractivity contribution is 0.000552. The first kappa shape index (κ1) is 27.3. The van der Waals surface area contributed by atoms with E-state index in [4.69, 9.17) is 4.74 Å². The van der Waals surface area contributed by atoms with Crippen LogP contribution in [-0.4, -0.2) is 64.5 Å². The first-order chi connectivity index (χ1) is 18.1. The van der Waals surface area contributed by atoms with Gasteiger partial charge in [0.2, 0.25) is 0 Å². The Morgan fingerprint density at radius 1 is 1.05 bits per heavy atom. The molecule has 0 aliphatic carbocycles. The number of ether oxygens (including phenoxy) is 1. The molecule has 38 heavy (non-hydrogen) atoms. The molecule has 1 saturated heterocycles. The van der Waals surface area contributed by atoms with Crippen LogP contribution < -0.4 is 5.32 Å². The number of ketones is 1. The number of amides is 1. The molecule has 0 bridgehead atoms. The van der Waals surface area contributed by atoms with Crippen LogP contribution in [0.15, 0.2) is 66.9 Å². The summed E-state index contributed by atoms with van der Waals surface area (Å²) in [5, 5.41) is 3.16. The monoisotopic (exact) mass is 518 g/mol. The van der Waals surface area contributed by atoms with Crippen molar-refractivity contribution in [3.8, 4) is 11.1 Å². The molecule has 7 nitrogen and oxygen atoms in total. The molecule has 200 valence electrons. The Kier molecular flexibility index (Phi) is 8.42. The van der Waals surface area contributed by atoms with Crippen molar-refractivity contribution in [3.63, 3.8) is 0 Å². The van der Waals surface area contributed by atoms with Gasteiger partial charge in [0.1, 0.15) is 17.1 Å². The standard InChI is InChI=1S/C30H35FN4O3/c1-21-19-34(14-15-35(21)29(37)38-30(2,3)4)20-22-8-11-26(12-9-22)32-18-28(36)27-13-10-24(17-33-27)23-6-5-7-25(31)16-23/h5-13,16-17,21,32H,14-15,18-20H2,1-4H3/t21-/m0/s1. The van der Waals surface area contributed by atoms with Crippen molar-refractivity contribution >= 4 is 17.6 Å². The molecule has 0 radical (unpaired) electrons. The minimum Gasteiger partial charge on any atom is -0.444 e. The normalized spacial score (nSPS) is 16.2. The largest absolute Gasteiger partial charge is 0.444 e. The highest BCUT2D eigenvalue weighted by molar-refractivity contribution is 5.97. The van der Waals surface area contributed by atoms with Crippen molar-refractivity contribution in [3.05, 3.63) is 83.9 Å². The van der Waals surface area contributed by atoms with E-state index in [0.717, 1.165) is 36.4 Å². The highest BCUT2D eigenvalue weighted by atomic mass is 19.1. The molecule has 1 atom stereocenters. The number of hydrogen-bond acceptors (Lipinski definition) is 6. The fraction of sp³-hybridized carbons (Fsp3) is 0.367. The van der Waals surface area contributed by atoms with E-state index in [9.17, 15) is 14.0 Å². The number of rotatable bonds is 7. The highest BCUT2D eigenvalue weighted by Crippen LogP contribution is 2.20. The van der Waals surface area contributed by atoms with E-state index < -0.39 is 5.60 Å². The van der Waals surface area contributed by atoms with Gasteiger partial charge >= 0.3 is 6.09 Å². The van der Waals surface area contributed by atoms with Crippen molar-refractivity contribution in [1.82, 2.24) is 14.8 Å². The summed E-state index contributed by atoms with van der Waals surface area (Å²) in [6.45, 7) is 10.8. The number of nitrogens with zero attached hydrogens (tertiary/aromatic N) is 3. The smallest absolute Gasteiger partial charge is 0.410 e. The van der Waals surface area contributed by atoms with Crippen molar-refractivity contribution in [2.24, 2.45) is 0 Å². The Bertz CT molecular complexity index is 1260. The number of Topliss-reactive ketones (excluding diaryl/α,β-unsaturated/α-hetero) is 1. The summed E-state index contributed by atoms with van der Waals surface area (Å²) in [4.78, 5) is 33.4. The van der Waals surface area contributed by atoms with E-state index in [1.807, 2.05) is 52.0 Å². The molecule has 8 heteroatoms. The lowest BCUT2D eigenvalue weighted by atomic mass is 10.1. The Labute approximate surface area is 223 Å². The van der Waals surface area contributed by atoms with Gasteiger partial charge in [0.15, 0.2) is 5.78 Å². The van der Waals surface area contributed by atoms with Gasteiger partial charge < -0.3 is 15.0 Å². The van der Waals surface area contributed by atoms with Gasteiger partial charge in [-0.25, -0.2) is 9.18 Å². The molecule has 0 spiro atoms. The molecule has 3 aromatic rings. The lowest BCUT2D eigenvalue weighted by Crippen LogP contribution is -2.54. The van der Waals surface area contributed by atoms with Crippen LogP contribution in [0.3, 0.4) is 0 Å². The van der Waals surface area contributed by atoms with Crippen LogP contribution >= 0.6 is 0 Å². The summed E-state index contributed by atoms with van der Waals surface area (Å²) in [6, 6.07) is 17.8. The Hall–Kier alpha value is -3.78. The van der Waals surface area contributed by atoms with Crippen LogP contribution in [0, 0.1) is 5.82 Å². The summed E-state index contributed by atoms with van der Waals surface area (Å²) >= 11 is 0. The molecule has 1 N–H and O–H groups in total. The van der Waals surface area contributed by atoms with Crippen LogP contribution in [-0.2, 0) is 11.3 Å². The average Bonchev–Trinajstić information content (AvgIpc) is 2.87. The Balaban J connectivity index is 1.25. The maximum atomic E-state index is 13.5. The molecule has 1 fully saturated rings. The van der Waals surface area contributed by atoms with Gasteiger partial charge in [0.05, 0.1) is 6.54 Å². The van der Waals surface area contributed by atoms with Gasteiger partial charge in [-0.05, 0) is 69.2 Å². The van der Waals surface area contributed by atoms with Gasteiger partial charge in [-0.1, -0.05) is 30.3 Å². The first-order valence-electron chi connectivity index (χ1n) is 12.9. The molecule has 0 saturated carbocycles. The summed E-state index contributed by atoms with van der Waals surface area (Å²) < 4.78 is 19.0.